The molecule has 1 aromatic rings. The summed E-state index contributed by atoms with van der Waals surface area (Å²) in [4.78, 5) is 47.1. The van der Waals surface area contributed by atoms with Gasteiger partial charge in [-0.05, 0) is 12.6 Å². The molecule has 4 amide bonds. The Balaban J connectivity index is 2.67. The summed E-state index contributed by atoms with van der Waals surface area (Å²) in [6.07, 6.45) is 0.261. The summed E-state index contributed by atoms with van der Waals surface area (Å²) >= 11 is 0. The van der Waals surface area contributed by atoms with Crippen LogP contribution in [0.5, 0.6) is 0 Å². The predicted molar refractivity (Wildman–Crippen MR) is 96.1 cm³/mol. The van der Waals surface area contributed by atoms with E-state index in [1.54, 1.807) is 7.05 Å². The number of hydrogen-bond acceptors (Lipinski definition) is 5. The minimum Gasteiger partial charge on any atom is -0.358 e. The number of carbonyl (C=O) groups is 4. The normalized spacial score (nSPS) is 11.2. The first-order valence-electron chi connectivity index (χ1n) is 8.19. The molecule has 0 saturated heterocycles. The first-order valence-corrected chi connectivity index (χ1v) is 8.19. The largest absolute Gasteiger partial charge is 0.358 e. The van der Waals surface area contributed by atoms with E-state index in [0.29, 0.717) is 0 Å². The van der Waals surface area contributed by atoms with Gasteiger partial charge in [0.05, 0.1) is 19.6 Å². The molecule has 142 valence electrons. The third-order valence-electron chi connectivity index (χ3n) is 3.42. The molecule has 1 rings (SSSR count). The van der Waals surface area contributed by atoms with Gasteiger partial charge in [0.1, 0.15) is 6.04 Å². The maximum Gasteiger partial charge on any atom is 0.243 e. The highest BCUT2D eigenvalue weighted by atomic mass is 16.2. The summed E-state index contributed by atoms with van der Waals surface area (Å²) in [5.74, 6) is -1.65. The predicted octanol–water partition coefficient (Wildman–Crippen LogP) is -2.09. The maximum absolute atomic E-state index is 12.3. The number of rotatable bonds is 10. The van der Waals surface area contributed by atoms with Crippen LogP contribution in [0.15, 0.2) is 30.3 Å². The van der Waals surface area contributed by atoms with E-state index >= 15 is 0 Å². The molecule has 1 atom stereocenters. The fourth-order valence-corrected chi connectivity index (χ4v) is 2.09. The van der Waals surface area contributed by atoms with Crippen LogP contribution >= 0.6 is 0 Å². The summed E-state index contributed by atoms with van der Waals surface area (Å²) in [7, 11) is 3.08. The second-order valence-corrected chi connectivity index (χ2v) is 5.51. The Labute approximate surface area is 152 Å². The van der Waals surface area contributed by atoms with Crippen molar-refractivity contribution in [1.82, 2.24) is 26.6 Å². The van der Waals surface area contributed by atoms with Crippen LogP contribution in [0.4, 0.5) is 0 Å². The summed E-state index contributed by atoms with van der Waals surface area (Å²) in [5, 5.41) is 12.6. The van der Waals surface area contributed by atoms with Gasteiger partial charge in [0.25, 0.3) is 0 Å². The SMILES string of the molecule is CNCC(=O)NCC(=O)NC(Cc1ccccc1)C(=O)NCC(=O)NC. The van der Waals surface area contributed by atoms with Gasteiger partial charge in [-0.25, -0.2) is 0 Å². The van der Waals surface area contributed by atoms with E-state index in [0.717, 1.165) is 5.56 Å². The Kier molecular flexibility index (Phi) is 9.40. The molecule has 1 aromatic carbocycles. The molecule has 0 aliphatic heterocycles. The zero-order valence-electron chi connectivity index (χ0n) is 14.9. The fraction of sp³-hybridized carbons (Fsp3) is 0.412. The third-order valence-corrected chi connectivity index (χ3v) is 3.42. The van der Waals surface area contributed by atoms with Gasteiger partial charge >= 0.3 is 0 Å². The lowest BCUT2D eigenvalue weighted by molar-refractivity contribution is -0.130. The molecule has 0 heterocycles. The lowest BCUT2D eigenvalue weighted by Gasteiger charge is -2.18. The monoisotopic (exact) mass is 363 g/mol. The van der Waals surface area contributed by atoms with Crippen molar-refractivity contribution in [3.63, 3.8) is 0 Å². The first kappa shape index (κ1) is 21.1. The van der Waals surface area contributed by atoms with Crippen molar-refractivity contribution in [2.24, 2.45) is 0 Å². The average molecular weight is 363 g/mol. The summed E-state index contributed by atoms with van der Waals surface area (Å²) < 4.78 is 0. The molecule has 0 spiro atoms. The zero-order valence-corrected chi connectivity index (χ0v) is 14.9. The Morgan fingerprint density at radius 2 is 1.50 bits per heavy atom. The van der Waals surface area contributed by atoms with Gasteiger partial charge in [0.2, 0.25) is 23.6 Å². The minimum atomic E-state index is -0.865. The van der Waals surface area contributed by atoms with Crippen LogP contribution in [-0.4, -0.2) is 63.4 Å². The molecule has 0 radical (unpaired) electrons. The van der Waals surface area contributed by atoms with Crippen molar-refractivity contribution in [3.8, 4) is 0 Å². The van der Waals surface area contributed by atoms with Crippen LogP contribution < -0.4 is 26.6 Å². The molecule has 0 saturated carbocycles. The van der Waals surface area contributed by atoms with Crippen LogP contribution in [-0.2, 0) is 25.6 Å². The van der Waals surface area contributed by atoms with Crippen molar-refractivity contribution >= 4 is 23.6 Å². The summed E-state index contributed by atoms with van der Waals surface area (Å²) in [5.41, 5.74) is 0.854. The Morgan fingerprint density at radius 1 is 0.846 bits per heavy atom. The molecule has 1 unspecified atom stereocenters. The number of likely N-dealkylation sites (N-methyl/N-ethyl adjacent to an activating group) is 2. The van der Waals surface area contributed by atoms with Crippen molar-refractivity contribution < 1.29 is 19.2 Å². The highest BCUT2D eigenvalue weighted by Crippen LogP contribution is 2.03. The van der Waals surface area contributed by atoms with E-state index in [9.17, 15) is 19.2 Å². The number of carbonyl (C=O) groups excluding carboxylic acids is 4. The molecule has 9 heteroatoms. The number of amides is 4. The third kappa shape index (κ3) is 8.25. The van der Waals surface area contributed by atoms with Gasteiger partial charge in [-0.15, -0.1) is 0 Å². The van der Waals surface area contributed by atoms with Crippen LogP contribution in [0.1, 0.15) is 5.56 Å². The average Bonchev–Trinajstić information content (AvgIpc) is 2.64. The molecule has 9 nitrogen and oxygen atoms in total. The summed E-state index contributed by atoms with van der Waals surface area (Å²) in [6, 6.07) is 8.30. The molecule has 0 aromatic heterocycles. The maximum atomic E-state index is 12.3. The molecule has 0 aliphatic carbocycles. The zero-order chi connectivity index (χ0) is 19.4. The molecular formula is C17H25N5O4. The highest BCUT2D eigenvalue weighted by molar-refractivity contribution is 5.92. The van der Waals surface area contributed by atoms with Gasteiger partial charge in [-0.1, -0.05) is 30.3 Å². The second kappa shape index (κ2) is 11.6. The van der Waals surface area contributed by atoms with Crippen LogP contribution in [0.25, 0.3) is 0 Å². The van der Waals surface area contributed by atoms with Crippen molar-refractivity contribution in [2.45, 2.75) is 12.5 Å². The van der Waals surface area contributed by atoms with E-state index < -0.39 is 17.9 Å². The first-order chi connectivity index (χ1) is 12.5. The Morgan fingerprint density at radius 3 is 2.12 bits per heavy atom. The lowest BCUT2D eigenvalue weighted by atomic mass is 10.1. The van der Waals surface area contributed by atoms with E-state index in [1.165, 1.54) is 7.05 Å². The van der Waals surface area contributed by atoms with E-state index in [2.05, 4.69) is 26.6 Å². The quantitative estimate of drug-likeness (QED) is 0.326. The standard InChI is InChI=1S/C17H25N5O4/c1-18-9-15(24)20-11-16(25)22-13(8-12-6-4-3-5-7-12)17(26)21-10-14(23)19-2/h3-7,13,18H,8-11H2,1-2H3,(H,19,23)(H,20,24)(H,21,26)(H,22,25). The molecule has 0 fully saturated rings. The van der Waals surface area contributed by atoms with Crippen molar-refractivity contribution in [3.05, 3.63) is 35.9 Å². The lowest BCUT2D eigenvalue weighted by Crippen LogP contribution is -2.52. The number of nitrogens with one attached hydrogen (secondary N) is 5. The Bertz CT molecular complexity index is 621. The van der Waals surface area contributed by atoms with Gasteiger partial charge in [-0.3, -0.25) is 19.2 Å². The van der Waals surface area contributed by atoms with Gasteiger partial charge < -0.3 is 26.6 Å². The minimum absolute atomic E-state index is 0.0906. The van der Waals surface area contributed by atoms with Crippen molar-refractivity contribution in [2.75, 3.05) is 33.7 Å². The number of benzene rings is 1. The molecular weight excluding hydrogens is 338 g/mol. The van der Waals surface area contributed by atoms with Gasteiger partial charge in [0, 0.05) is 13.5 Å². The highest BCUT2D eigenvalue weighted by Gasteiger charge is 2.21. The van der Waals surface area contributed by atoms with Crippen molar-refractivity contribution in [1.29, 1.82) is 0 Å². The summed E-state index contributed by atoms with van der Waals surface area (Å²) in [6.45, 7) is -0.336. The Hall–Kier alpha value is -2.94. The van der Waals surface area contributed by atoms with E-state index in [4.69, 9.17) is 0 Å². The molecule has 5 N–H and O–H groups in total. The molecule has 26 heavy (non-hydrogen) atoms. The van der Waals surface area contributed by atoms with Crippen LogP contribution in [0.2, 0.25) is 0 Å². The van der Waals surface area contributed by atoms with Crippen LogP contribution in [0.3, 0.4) is 0 Å². The van der Waals surface area contributed by atoms with Gasteiger partial charge in [0.15, 0.2) is 0 Å². The topological polar surface area (TPSA) is 128 Å². The van der Waals surface area contributed by atoms with Gasteiger partial charge in [-0.2, -0.15) is 0 Å². The molecule has 0 aliphatic rings. The molecule has 0 bridgehead atoms. The van der Waals surface area contributed by atoms with E-state index in [1.807, 2.05) is 30.3 Å². The fourth-order valence-electron chi connectivity index (χ4n) is 2.09. The van der Waals surface area contributed by atoms with Crippen LogP contribution in [0, 0.1) is 0 Å². The van der Waals surface area contributed by atoms with E-state index in [-0.39, 0.29) is 37.9 Å². The second-order valence-electron chi connectivity index (χ2n) is 5.51. The smallest absolute Gasteiger partial charge is 0.243 e. The number of hydrogen-bond donors (Lipinski definition) is 5.